The van der Waals surface area contributed by atoms with E-state index in [-0.39, 0.29) is 30.1 Å². The Morgan fingerprint density at radius 2 is 1.29 bits per heavy atom. The minimum atomic E-state index is -0.653. The van der Waals surface area contributed by atoms with Gasteiger partial charge in [-0.3, -0.25) is 4.79 Å². The number of carbonyl (C=O) groups is 2. The molecule has 6 atom stereocenters. The number of hydrogen-bond donors (Lipinski definition) is 3. The normalized spacial score (nSPS) is 22.6. The lowest BCUT2D eigenvalue weighted by Gasteiger charge is -2.22. The zero-order chi connectivity index (χ0) is 30.6. The molecule has 0 unspecified atom stereocenters. The van der Waals surface area contributed by atoms with Crippen LogP contribution in [0, 0.1) is 0 Å². The molecule has 0 radical (unpaired) electrons. The molecule has 7 nitrogen and oxygen atoms in total. The molecule has 2 heterocycles. The molecule has 0 amide bonds. The molecule has 0 aliphatic carbocycles. The fourth-order valence-corrected chi connectivity index (χ4v) is 6.27. The van der Waals surface area contributed by atoms with Crippen molar-refractivity contribution in [2.75, 3.05) is 0 Å². The SMILES string of the molecule is CCCCCCCCCCCC[C@@H](O)[C@H]1CC[C@H]([C@@H](O)CCC(=O)CCCCCCC[C@@H](O)CC2=C[C@H](C)OC2=O)O1. The number of esters is 1. The number of unbranched alkanes of at least 4 members (excludes halogenated alkanes) is 13. The maximum atomic E-state index is 12.3. The van der Waals surface area contributed by atoms with Crippen LogP contribution in [-0.4, -0.2) is 63.7 Å². The number of Topliss-reactive ketones (excluding diaryl/α,β-unsaturated/α-hetero) is 1. The van der Waals surface area contributed by atoms with Gasteiger partial charge in [0.25, 0.3) is 0 Å². The number of aliphatic hydroxyl groups excluding tert-OH is 3. The van der Waals surface area contributed by atoms with E-state index < -0.39 is 18.3 Å². The van der Waals surface area contributed by atoms with Gasteiger partial charge in [-0.25, -0.2) is 4.79 Å². The molecule has 42 heavy (non-hydrogen) atoms. The van der Waals surface area contributed by atoms with Crippen LogP contribution in [0.3, 0.4) is 0 Å². The average molecular weight is 595 g/mol. The van der Waals surface area contributed by atoms with Crippen LogP contribution in [0.4, 0.5) is 0 Å². The predicted molar refractivity (Wildman–Crippen MR) is 167 cm³/mol. The molecular formula is C35H62O7. The molecule has 2 rings (SSSR count). The van der Waals surface area contributed by atoms with Gasteiger partial charge in [0.05, 0.1) is 30.5 Å². The second kappa shape index (κ2) is 22.3. The van der Waals surface area contributed by atoms with E-state index in [9.17, 15) is 24.9 Å². The third-order valence-electron chi connectivity index (χ3n) is 8.96. The number of ketones is 1. The summed E-state index contributed by atoms with van der Waals surface area (Å²) in [5, 5.41) is 31.3. The van der Waals surface area contributed by atoms with Crippen molar-refractivity contribution in [1.29, 1.82) is 0 Å². The monoisotopic (exact) mass is 594 g/mol. The molecule has 3 N–H and O–H groups in total. The first-order valence-electron chi connectivity index (χ1n) is 17.4. The van der Waals surface area contributed by atoms with E-state index >= 15 is 0 Å². The Kier molecular flexibility index (Phi) is 19.6. The number of carbonyl (C=O) groups excluding carboxylic acids is 2. The van der Waals surface area contributed by atoms with E-state index in [1.165, 1.54) is 51.4 Å². The maximum Gasteiger partial charge on any atom is 0.334 e. The molecule has 2 aliphatic heterocycles. The number of cyclic esters (lactones) is 1. The molecule has 0 saturated carbocycles. The van der Waals surface area contributed by atoms with E-state index in [0.29, 0.717) is 37.7 Å². The third kappa shape index (κ3) is 16.0. The minimum Gasteiger partial charge on any atom is -0.455 e. The lowest BCUT2D eigenvalue weighted by Crippen LogP contribution is -2.31. The second-order valence-electron chi connectivity index (χ2n) is 12.9. The number of aliphatic hydroxyl groups is 3. The van der Waals surface area contributed by atoms with E-state index in [4.69, 9.17) is 9.47 Å². The molecule has 7 heteroatoms. The third-order valence-corrected chi connectivity index (χ3v) is 8.96. The van der Waals surface area contributed by atoms with Gasteiger partial charge in [-0.05, 0) is 51.5 Å². The highest BCUT2D eigenvalue weighted by Crippen LogP contribution is 2.28. The molecule has 2 aliphatic rings. The van der Waals surface area contributed by atoms with Crippen LogP contribution in [0.1, 0.15) is 162 Å². The Morgan fingerprint density at radius 3 is 1.86 bits per heavy atom. The summed E-state index contributed by atoms with van der Waals surface area (Å²) in [5.74, 6) is -0.127. The molecule has 0 aromatic heterocycles. The number of hydrogen-bond acceptors (Lipinski definition) is 7. The van der Waals surface area contributed by atoms with Crippen molar-refractivity contribution in [2.24, 2.45) is 0 Å². The summed E-state index contributed by atoms with van der Waals surface area (Å²) in [4.78, 5) is 24.0. The van der Waals surface area contributed by atoms with Crippen molar-refractivity contribution in [3.63, 3.8) is 0 Å². The average Bonchev–Trinajstić information content (AvgIpc) is 3.58. The van der Waals surface area contributed by atoms with Crippen molar-refractivity contribution in [3.8, 4) is 0 Å². The first-order chi connectivity index (χ1) is 20.3. The second-order valence-corrected chi connectivity index (χ2v) is 12.9. The summed E-state index contributed by atoms with van der Waals surface area (Å²) < 4.78 is 11.1. The van der Waals surface area contributed by atoms with Gasteiger partial charge in [0.2, 0.25) is 0 Å². The number of rotatable bonds is 26. The van der Waals surface area contributed by atoms with Gasteiger partial charge in [-0.15, -0.1) is 0 Å². The zero-order valence-electron chi connectivity index (χ0n) is 26.8. The summed E-state index contributed by atoms with van der Waals surface area (Å²) in [6.45, 7) is 4.07. The van der Waals surface area contributed by atoms with Crippen molar-refractivity contribution < 1.29 is 34.4 Å². The minimum absolute atomic E-state index is 0.186. The van der Waals surface area contributed by atoms with Gasteiger partial charge in [0.15, 0.2) is 0 Å². The summed E-state index contributed by atoms with van der Waals surface area (Å²) in [6.07, 6.45) is 21.6. The molecule has 1 fully saturated rings. The highest BCUT2D eigenvalue weighted by atomic mass is 16.5. The van der Waals surface area contributed by atoms with E-state index in [1.54, 1.807) is 6.08 Å². The summed E-state index contributed by atoms with van der Waals surface area (Å²) >= 11 is 0. The fourth-order valence-electron chi connectivity index (χ4n) is 6.27. The lowest BCUT2D eigenvalue weighted by molar-refractivity contribution is -0.139. The Hall–Kier alpha value is -1.28. The van der Waals surface area contributed by atoms with Gasteiger partial charge < -0.3 is 24.8 Å². The number of ether oxygens (including phenoxy) is 2. The van der Waals surface area contributed by atoms with Crippen LogP contribution in [-0.2, 0) is 19.1 Å². The molecule has 244 valence electrons. The van der Waals surface area contributed by atoms with Crippen LogP contribution in [0.25, 0.3) is 0 Å². The molecule has 0 aromatic rings. The molecule has 1 saturated heterocycles. The quantitative estimate of drug-likeness (QED) is 0.0713. The summed E-state index contributed by atoms with van der Waals surface area (Å²) in [7, 11) is 0. The molecule has 0 bridgehead atoms. The van der Waals surface area contributed by atoms with E-state index in [0.717, 1.165) is 64.2 Å². The Bertz CT molecular complexity index is 766. The van der Waals surface area contributed by atoms with E-state index in [2.05, 4.69) is 6.92 Å². The standard InChI is InChI=1S/C35H62O7/c1-3-4-5-6-7-8-9-10-14-17-20-31(38)33-23-24-34(42-33)32(39)22-21-29(36)18-15-12-11-13-16-19-30(37)26-28-25-27(2)41-35(28)40/h25,27,30-34,37-39H,3-24,26H2,1-2H3/t27-,30+,31+,32-,33+,34+/m0/s1. The van der Waals surface area contributed by atoms with Gasteiger partial charge in [-0.1, -0.05) is 96.8 Å². The fraction of sp³-hybridized carbons (Fsp3) is 0.886. The molecule has 0 aromatic carbocycles. The van der Waals surface area contributed by atoms with Crippen molar-refractivity contribution in [2.45, 2.75) is 198 Å². The Balaban J connectivity index is 1.42. The zero-order valence-corrected chi connectivity index (χ0v) is 26.8. The Morgan fingerprint density at radius 1 is 0.762 bits per heavy atom. The van der Waals surface area contributed by atoms with Crippen molar-refractivity contribution in [1.82, 2.24) is 0 Å². The topological polar surface area (TPSA) is 113 Å². The maximum absolute atomic E-state index is 12.3. The smallest absolute Gasteiger partial charge is 0.334 e. The predicted octanol–water partition coefficient (Wildman–Crippen LogP) is 7.27. The van der Waals surface area contributed by atoms with Crippen LogP contribution < -0.4 is 0 Å². The lowest BCUT2D eigenvalue weighted by atomic mass is 9.99. The van der Waals surface area contributed by atoms with Crippen LogP contribution in [0.5, 0.6) is 0 Å². The van der Waals surface area contributed by atoms with Gasteiger partial charge in [0, 0.05) is 24.8 Å². The van der Waals surface area contributed by atoms with Crippen molar-refractivity contribution in [3.05, 3.63) is 11.6 Å². The largest absolute Gasteiger partial charge is 0.455 e. The van der Waals surface area contributed by atoms with E-state index in [1.807, 2.05) is 6.92 Å². The first kappa shape index (κ1) is 36.9. The van der Waals surface area contributed by atoms with Crippen LogP contribution in [0.15, 0.2) is 11.6 Å². The van der Waals surface area contributed by atoms with Crippen molar-refractivity contribution >= 4 is 11.8 Å². The van der Waals surface area contributed by atoms with Crippen LogP contribution in [0.2, 0.25) is 0 Å². The van der Waals surface area contributed by atoms with Gasteiger partial charge >= 0.3 is 5.97 Å². The van der Waals surface area contributed by atoms with Gasteiger partial charge in [0.1, 0.15) is 11.9 Å². The Labute approximate surface area is 255 Å². The highest BCUT2D eigenvalue weighted by Gasteiger charge is 2.34. The van der Waals surface area contributed by atoms with Crippen LogP contribution >= 0.6 is 0 Å². The first-order valence-corrected chi connectivity index (χ1v) is 17.4. The van der Waals surface area contributed by atoms with Gasteiger partial charge in [-0.2, -0.15) is 0 Å². The molecule has 0 spiro atoms. The summed E-state index contributed by atoms with van der Waals surface area (Å²) in [5.41, 5.74) is 0.579. The molecular weight excluding hydrogens is 532 g/mol. The summed E-state index contributed by atoms with van der Waals surface area (Å²) in [6, 6.07) is 0. The highest BCUT2D eigenvalue weighted by molar-refractivity contribution is 5.90.